The number of amides is 1. The Morgan fingerprint density at radius 1 is 1.18 bits per heavy atom. The van der Waals surface area contributed by atoms with Crippen LogP contribution in [-0.4, -0.2) is 28.4 Å². The lowest BCUT2D eigenvalue weighted by Crippen LogP contribution is -2.39. The highest BCUT2D eigenvalue weighted by Crippen LogP contribution is 2.32. The molecule has 1 saturated heterocycles. The molecule has 1 amide bonds. The maximum Gasteiger partial charge on any atom is 0.260 e. The second-order valence-electron chi connectivity index (χ2n) is 6.92. The molecule has 4 nitrogen and oxygen atoms in total. The van der Waals surface area contributed by atoms with Gasteiger partial charge in [-0.25, -0.2) is 0 Å². The van der Waals surface area contributed by atoms with Gasteiger partial charge in [-0.3, -0.25) is 9.59 Å². The number of hydrogen-bond donors (Lipinski definition) is 1. The predicted molar refractivity (Wildman–Crippen MR) is 87.1 cm³/mol. The summed E-state index contributed by atoms with van der Waals surface area (Å²) in [5.41, 5.74) is 0.830. The number of hydrogen-bond acceptors (Lipinski definition) is 2. The second-order valence-corrected chi connectivity index (χ2v) is 6.92. The first kappa shape index (κ1) is 15.3. The standard InChI is InChI=1S/C18H26N2O2/c1-13-9-10-16(17(21)19-13)18(22)20-11-5-8-15(20)12-14-6-3-2-4-7-14/h9-10,14-15H,2-8,11-12H2,1H3,(H,19,21)/t15-/m0/s1. The van der Waals surface area contributed by atoms with E-state index in [4.69, 9.17) is 0 Å². The number of aryl methyl sites for hydroxylation is 1. The van der Waals surface area contributed by atoms with Crippen LogP contribution in [0.5, 0.6) is 0 Å². The Morgan fingerprint density at radius 2 is 1.95 bits per heavy atom. The summed E-state index contributed by atoms with van der Waals surface area (Å²) in [6.07, 6.45) is 9.93. The maximum atomic E-state index is 12.7. The molecule has 2 heterocycles. The molecule has 0 unspecified atom stereocenters. The van der Waals surface area contributed by atoms with Crippen LogP contribution in [0.1, 0.15) is 67.4 Å². The molecule has 0 spiro atoms. The van der Waals surface area contributed by atoms with Gasteiger partial charge in [-0.1, -0.05) is 32.1 Å². The van der Waals surface area contributed by atoms with Gasteiger partial charge in [-0.05, 0) is 44.2 Å². The predicted octanol–water partition coefficient (Wildman–Crippen LogP) is 3.26. The summed E-state index contributed by atoms with van der Waals surface area (Å²) in [4.78, 5) is 29.5. The summed E-state index contributed by atoms with van der Waals surface area (Å²) < 4.78 is 0. The zero-order valence-corrected chi connectivity index (χ0v) is 13.4. The largest absolute Gasteiger partial charge is 0.335 e. The molecule has 2 fully saturated rings. The van der Waals surface area contributed by atoms with Crippen LogP contribution in [-0.2, 0) is 0 Å². The van der Waals surface area contributed by atoms with Crippen molar-refractivity contribution < 1.29 is 4.79 Å². The van der Waals surface area contributed by atoms with Crippen molar-refractivity contribution in [1.29, 1.82) is 0 Å². The Hall–Kier alpha value is -1.58. The van der Waals surface area contributed by atoms with E-state index in [-0.39, 0.29) is 11.5 Å². The summed E-state index contributed by atoms with van der Waals surface area (Å²) in [6, 6.07) is 3.81. The lowest BCUT2D eigenvalue weighted by atomic mass is 9.84. The first-order valence-corrected chi connectivity index (χ1v) is 8.66. The number of pyridine rings is 1. The van der Waals surface area contributed by atoms with E-state index in [9.17, 15) is 9.59 Å². The number of aromatic amines is 1. The number of likely N-dealkylation sites (tertiary alicyclic amines) is 1. The van der Waals surface area contributed by atoms with Crippen LogP contribution in [0, 0.1) is 12.8 Å². The number of aromatic nitrogens is 1. The Morgan fingerprint density at radius 3 is 2.68 bits per heavy atom. The van der Waals surface area contributed by atoms with Crippen LogP contribution in [0.3, 0.4) is 0 Å². The van der Waals surface area contributed by atoms with Crippen LogP contribution >= 0.6 is 0 Å². The van der Waals surface area contributed by atoms with Crippen molar-refractivity contribution >= 4 is 5.91 Å². The van der Waals surface area contributed by atoms with Crippen LogP contribution in [0.2, 0.25) is 0 Å². The average molecular weight is 302 g/mol. The molecule has 2 aliphatic rings. The van der Waals surface area contributed by atoms with E-state index in [2.05, 4.69) is 4.98 Å². The number of carbonyl (C=O) groups excluding carboxylic acids is 1. The zero-order valence-electron chi connectivity index (χ0n) is 13.4. The molecule has 3 rings (SSSR count). The SMILES string of the molecule is Cc1ccc(C(=O)N2CCC[C@H]2CC2CCCCC2)c(=O)[nH]1. The smallest absolute Gasteiger partial charge is 0.260 e. The molecular weight excluding hydrogens is 276 g/mol. The molecule has 0 bridgehead atoms. The minimum Gasteiger partial charge on any atom is -0.335 e. The number of H-pyrrole nitrogens is 1. The lowest BCUT2D eigenvalue weighted by molar-refractivity contribution is 0.0709. The number of nitrogens with zero attached hydrogens (tertiary/aromatic N) is 1. The molecule has 1 aliphatic carbocycles. The van der Waals surface area contributed by atoms with E-state index in [1.165, 1.54) is 32.1 Å². The van der Waals surface area contributed by atoms with Crippen LogP contribution in [0.4, 0.5) is 0 Å². The Bertz CT molecular complexity index is 587. The van der Waals surface area contributed by atoms with E-state index >= 15 is 0 Å². The molecule has 4 heteroatoms. The van der Waals surface area contributed by atoms with Gasteiger partial charge in [0.1, 0.15) is 5.56 Å². The van der Waals surface area contributed by atoms with Crippen molar-refractivity contribution in [3.05, 3.63) is 33.7 Å². The fraction of sp³-hybridized carbons (Fsp3) is 0.667. The van der Waals surface area contributed by atoms with Gasteiger partial charge in [0.15, 0.2) is 0 Å². The molecule has 22 heavy (non-hydrogen) atoms. The molecule has 1 aromatic rings. The fourth-order valence-corrected chi connectivity index (χ4v) is 4.05. The molecule has 1 aromatic heterocycles. The highest BCUT2D eigenvalue weighted by atomic mass is 16.2. The van der Waals surface area contributed by atoms with Crippen molar-refractivity contribution in [2.45, 2.75) is 64.3 Å². The van der Waals surface area contributed by atoms with Crippen molar-refractivity contribution in [3.63, 3.8) is 0 Å². The van der Waals surface area contributed by atoms with Gasteiger partial charge in [0.25, 0.3) is 11.5 Å². The summed E-state index contributed by atoms with van der Waals surface area (Å²) in [5, 5.41) is 0. The third kappa shape index (κ3) is 3.26. The van der Waals surface area contributed by atoms with Crippen LogP contribution in [0.15, 0.2) is 16.9 Å². The minimum atomic E-state index is -0.256. The van der Waals surface area contributed by atoms with Gasteiger partial charge in [-0.15, -0.1) is 0 Å². The quantitative estimate of drug-likeness (QED) is 0.931. The minimum absolute atomic E-state index is 0.0837. The maximum absolute atomic E-state index is 12.7. The normalized spacial score (nSPS) is 23.0. The topological polar surface area (TPSA) is 53.2 Å². The highest BCUT2D eigenvalue weighted by Gasteiger charge is 2.32. The molecule has 1 atom stereocenters. The van der Waals surface area contributed by atoms with Crippen LogP contribution < -0.4 is 5.56 Å². The monoisotopic (exact) mass is 302 g/mol. The Kier molecular flexibility index (Phi) is 4.65. The first-order chi connectivity index (χ1) is 10.6. The zero-order chi connectivity index (χ0) is 15.5. The van der Waals surface area contributed by atoms with Crippen molar-refractivity contribution in [2.24, 2.45) is 5.92 Å². The van der Waals surface area contributed by atoms with Gasteiger partial charge in [0.05, 0.1) is 0 Å². The second kappa shape index (κ2) is 6.67. The third-order valence-corrected chi connectivity index (χ3v) is 5.25. The molecule has 1 N–H and O–H groups in total. The summed E-state index contributed by atoms with van der Waals surface area (Å²) >= 11 is 0. The molecule has 0 aromatic carbocycles. The first-order valence-electron chi connectivity index (χ1n) is 8.66. The number of rotatable bonds is 3. The number of carbonyl (C=O) groups is 1. The number of nitrogens with one attached hydrogen (secondary N) is 1. The van der Waals surface area contributed by atoms with E-state index in [0.29, 0.717) is 11.6 Å². The summed E-state index contributed by atoms with van der Waals surface area (Å²) in [5.74, 6) is 0.683. The Balaban J connectivity index is 1.71. The van der Waals surface area contributed by atoms with Crippen molar-refractivity contribution in [2.75, 3.05) is 6.54 Å². The van der Waals surface area contributed by atoms with Crippen molar-refractivity contribution in [3.8, 4) is 0 Å². The van der Waals surface area contributed by atoms with E-state index in [0.717, 1.165) is 37.4 Å². The van der Waals surface area contributed by atoms with E-state index < -0.39 is 0 Å². The Labute approximate surface area is 131 Å². The van der Waals surface area contributed by atoms with Gasteiger partial charge in [0.2, 0.25) is 0 Å². The average Bonchev–Trinajstić information content (AvgIpc) is 2.96. The fourth-order valence-electron chi connectivity index (χ4n) is 4.05. The van der Waals surface area contributed by atoms with E-state index in [1.807, 2.05) is 11.8 Å². The highest BCUT2D eigenvalue weighted by molar-refractivity contribution is 5.94. The summed E-state index contributed by atoms with van der Waals surface area (Å²) in [6.45, 7) is 2.63. The van der Waals surface area contributed by atoms with Gasteiger partial charge >= 0.3 is 0 Å². The van der Waals surface area contributed by atoms with Crippen molar-refractivity contribution in [1.82, 2.24) is 9.88 Å². The lowest BCUT2D eigenvalue weighted by Gasteiger charge is -2.30. The van der Waals surface area contributed by atoms with Gasteiger partial charge < -0.3 is 9.88 Å². The molecule has 1 saturated carbocycles. The van der Waals surface area contributed by atoms with Gasteiger partial charge in [0, 0.05) is 18.3 Å². The molecule has 1 aliphatic heterocycles. The molecular formula is C18H26N2O2. The van der Waals surface area contributed by atoms with Crippen LogP contribution in [0.25, 0.3) is 0 Å². The summed E-state index contributed by atoms with van der Waals surface area (Å²) in [7, 11) is 0. The van der Waals surface area contributed by atoms with Gasteiger partial charge in [-0.2, -0.15) is 0 Å². The van der Waals surface area contributed by atoms with E-state index in [1.54, 1.807) is 12.1 Å². The third-order valence-electron chi connectivity index (χ3n) is 5.25. The molecule has 120 valence electrons. The molecule has 0 radical (unpaired) electrons.